The number of nitrogens with zero attached hydrogens (tertiary/aromatic N) is 3. The number of carbonyl (C=O) groups excluding carboxylic acids is 2. The van der Waals surface area contributed by atoms with Crippen LogP contribution in [0.4, 0.5) is 5.69 Å². The molecule has 0 radical (unpaired) electrons. The van der Waals surface area contributed by atoms with Crippen LogP contribution in [0, 0.1) is 0 Å². The number of ether oxygens (including phenoxy) is 2. The summed E-state index contributed by atoms with van der Waals surface area (Å²) in [5, 5.41) is 2.81. The number of methoxy groups -OCH3 is 1. The van der Waals surface area contributed by atoms with Crippen molar-refractivity contribution in [3.8, 4) is 11.5 Å². The highest BCUT2D eigenvalue weighted by molar-refractivity contribution is 6.32. The summed E-state index contributed by atoms with van der Waals surface area (Å²) >= 11 is 6.17. The minimum Gasteiger partial charge on any atom is -0.493 e. The van der Waals surface area contributed by atoms with Gasteiger partial charge in [-0.2, -0.15) is 0 Å². The smallest absolute Gasteiger partial charge is 0.332 e. The molecule has 0 spiro atoms. The van der Waals surface area contributed by atoms with Crippen LogP contribution >= 0.6 is 11.6 Å². The van der Waals surface area contributed by atoms with E-state index in [0.717, 1.165) is 4.57 Å². The van der Waals surface area contributed by atoms with Gasteiger partial charge in [0.1, 0.15) is 5.65 Å². The fourth-order valence-electron chi connectivity index (χ4n) is 2.87. The lowest BCUT2D eigenvalue weighted by Gasteiger charge is -2.13. The molecule has 0 aliphatic rings. The van der Waals surface area contributed by atoms with Crippen LogP contribution in [0.25, 0.3) is 11.0 Å². The molecule has 0 aliphatic carbocycles. The molecule has 0 atom stereocenters. The van der Waals surface area contributed by atoms with Crippen LogP contribution in [-0.4, -0.2) is 39.6 Å². The van der Waals surface area contributed by atoms with Crippen molar-refractivity contribution in [1.82, 2.24) is 14.1 Å². The standard InChI is InChI=1S/C19H18ClN5O6/c1-24-16-11(18(28)25(2)19(24)29)6-10(7-22-16)23-17(27)9-4-12(20)15(13(5-9)30-3)31-8-14(21)26/h4-7H,8H2,1-3H3,(H2,21,26)(H,23,27). The first-order valence-corrected chi connectivity index (χ1v) is 9.17. The zero-order valence-corrected chi connectivity index (χ0v) is 17.5. The highest BCUT2D eigenvalue weighted by Gasteiger charge is 2.18. The number of hydrogen-bond acceptors (Lipinski definition) is 7. The molecule has 2 heterocycles. The maximum atomic E-state index is 12.7. The second-order valence-electron chi connectivity index (χ2n) is 6.50. The van der Waals surface area contributed by atoms with Crippen molar-refractivity contribution < 1.29 is 19.1 Å². The van der Waals surface area contributed by atoms with Gasteiger partial charge < -0.3 is 20.5 Å². The van der Waals surface area contributed by atoms with Crippen LogP contribution < -0.4 is 31.8 Å². The van der Waals surface area contributed by atoms with Gasteiger partial charge in [0.2, 0.25) is 0 Å². The number of nitrogens with two attached hydrogens (primary N) is 1. The van der Waals surface area contributed by atoms with Crippen LogP contribution in [0.3, 0.4) is 0 Å². The predicted octanol–water partition coefficient (Wildman–Crippen LogP) is 0.411. The number of primary amides is 1. The summed E-state index contributed by atoms with van der Waals surface area (Å²) in [7, 11) is 4.19. The summed E-state index contributed by atoms with van der Waals surface area (Å²) < 4.78 is 12.6. The molecule has 0 saturated carbocycles. The van der Waals surface area contributed by atoms with E-state index in [4.69, 9.17) is 26.8 Å². The fourth-order valence-corrected chi connectivity index (χ4v) is 3.14. The Kier molecular flexibility index (Phi) is 5.97. The third-order valence-electron chi connectivity index (χ3n) is 4.40. The Morgan fingerprint density at radius 3 is 2.55 bits per heavy atom. The van der Waals surface area contributed by atoms with E-state index in [1.54, 1.807) is 0 Å². The van der Waals surface area contributed by atoms with E-state index in [1.807, 2.05) is 0 Å². The van der Waals surface area contributed by atoms with Crippen LogP contribution in [0.15, 0.2) is 34.0 Å². The summed E-state index contributed by atoms with van der Waals surface area (Å²) in [6.45, 7) is -0.415. The highest BCUT2D eigenvalue weighted by atomic mass is 35.5. The van der Waals surface area contributed by atoms with Gasteiger partial charge in [-0.3, -0.25) is 23.5 Å². The normalized spacial score (nSPS) is 10.7. The third kappa shape index (κ3) is 4.21. The molecule has 0 aliphatic heterocycles. The number of aryl methyl sites for hydroxylation is 1. The zero-order valence-electron chi connectivity index (χ0n) is 16.8. The number of nitrogens with one attached hydrogen (secondary N) is 1. The largest absolute Gasteiger partial charge is 0.493 e. The SMILES string of the molecule is COc1cc(C(=O)Nc2cnc3c(c2)c(=O)n(C)c(=O)n3C)cc(Cl)c1OCC(N)=O. The Labute approximate surface area is 180 Å². The Hall–Kier alpha value is -3.86. The highest BCUT2D eigenvalue weighted by Crippen LogP contribution is 2.36. The summed E-state index contributed by atoms with van der Waals surface area (Å²) in [6, 6.07) is 4.12. The lowest BCUT2D eigenvalue weighted by molar-refractivity contribution is -0.119. The first kappa shape index (κ1) is 21.8. The van der Waals surface area contributed by atoms with Gasteiger partial charge in [-0.15, -0.1) is 0 Å². The maximum absolute atomic E-state index is 12.7. The van der Waals surface area contributed by atoms with Gasteiger partial charge in [0.05, 0.1) is 29.4 Å². The minimum atomic E-state index is -0.701. The summed E-state index contributed by atoms with van der Waals surface area (Å²) in [4.78, 5) is 52.2. The Balaban J connectivity index is 1.95. The van der Waals surface area contributed by atoms with Gasteiger partial charge in [-0.05, 0) is 18.2 Å². The molecule has 0 unspecified atom stereocenters. The molecular formula is C19H18ClN5O6. The first-order valence-electron chi connectivity index (χ1n) is 8.79. The molecule has 162 valence electrons. The van der Waals surface area contributed by atoms with Crippen molar-refractivity contribution in [2.75, 3.05) is 19.0 Å². The number of anilines is 1. The second-order valence-corrected chi connectivity index (χ2v) is 6.91. The molecule has 0 saturated heterocycles. The Morgan fingerprint density at radius 1 is 1.19 bits per heavy atom. The summed E-state index contributed by atoms with van der Waals surface area (Å²) in [5.41, 5.74) is 4.56. The molecular weight excluding hydrogens is 430 g/mol. The molecule has 3 N–H and O–H groups in total. The molecule has 2 aromatic heterocycles. The van der Waals surface area contributed by atoms with Crippen LogP contribution in [0.5, 0.6) is 11.5 Å². The number of rotatable bonds is 6. The van der Waals surface area contributed by atoms with E-state index < -0.39 is 29.7 Å². The van der Waals surface area contributed by atoms with E-state index in [0.29, 0.717) is 0 Å². The van der Waals surface area contributed by atoms with E-state index in [9.17, 15) is 19.2 Å². The maximum Gasteiger partial charge on any atom is 0.332 e. The van der Waals surface area contributed by atoms with Crippen molar-refractivity contribution >= 4 is 40.1 Å². The molecule has 3 aromatic rings. The molecule has 31 heavy (non-hydrogen) atoms. The molecule has 2 amide bonds. The zero-order chi connectivity index (χ0) is 22.9. The van der Waals surface area contributed by atoms with Gasteiger partial charge in [-0.25, -0.2) is 9.78 Å². The van der Waals surface area contributed by atoms with Crippen molar-refractivity contribution in [3.05, 3.63) is 55.8 Å². The lowest BCUT2D eigenvalue weighted by Crippen LogP contribution is -2.37. The Morgan fingerprint density at radius 2 is 1.90 bits per heavy atom. The van der Waals surface area contributed by atoms with E-state index in [-0.39, 0.29) is 38.8 Å². The summed E-state index contributed by atoms with van der Waals surface area (Å²) in [6.07, 6.45) is 1.32. The van der Waals surface area contributed by atoms with Crippen LogP contribution in [0.1, 0.15) is 10.4 Å². The lowest BCUT2D eigenvalue weighted by atomic mass is 10.1. The van der Waals surface area contributed by atoms with Crippen LogP contribution in [0.2, 0.25) is 5.02 Å². The number of fused-ring (bicyclic) bond motifs is 1. The average molecular weight is 448 g/mol. The molecule has 1 aromatic carbocycles. The minimum absolute atomic E-state index is 0.0336. The van der Waals surface area contributed by atoms with E-state index in [2.05, 4.69) is 10.3 Å². The van der Waals surface area contributed by atoms with Crippen molar-refractivity contribution in [2.24, 2.45) is 19.8 Å². The number of pyridine rings is 1. The third-order valence-corrected chi connectivity index (χ3v) is 4.68. The molecule has 3 rings (SSSR count). The monoisotopic (exact) mass is 447 g/mol. The van der Waals surface area contributed by atoms with Gasteiger partial charge in [0, 0.05) is 19.7 Å². The molecule has 11 nitrogen and oxygen atoms in total. The van der Waals surface area contributed by atoms with Gasteiger partial charge in [-0.1, -0.05) is 11.6 Å². The average Bonchev–Trinajstić information content (AvgIpc) is 2.74. The van der Waals surface area contributed by atoms with E-state index >= 15 is 0 Å². The van der Waals surface area contributed by atoms with Crippen molar-refractivity contribution in [3.63, 3.8) is 0 Å². The second kappa shape index (κ2) is 8.48. The predicted molar refractivity (Wildman–Crippen MR) is 113 cm³/mol. The number of aromatic nitrogens is 3. The molecule has 12 heteroatoms. The summed E-state index contributed by atoms with van der Waals surface area (Å²) in [5.74, 6) is -1.08. The topological polar surface area (TPSA) is 148 Å². The van der Waals surface area contributed by atoms with E-state index in [1.165, 1.54) is 50.2 Å². The number of hydrogen-bond donors (Lipinski definition) is 2. The van der Waals surface area contributed by atoms with Crippen LogP contribution in [-0.2, 0) is 18.9 Å². The quantitative estimate of drug-likeness (QED) is 0.556. The number of carbonyl (C=O) groups is 2. The van der Waals surface area contributed by atoms with Gasteiger partial charge in [0.25, 0.3) is 17.4 Å². The first-order chi connectivity index (χ1) is 14.6. The molecule has 0 bridgehead atoms. The number of benzene rings is 1. The number of amides is 2. The fraction of sp³-hybridized carbons (Fsp3) is 0.211. The van der Waals surface area contributed by atoms with Crippen molar-refractivity contribution in [2.45, 2.75) is 0 Å². The van der Waals surface area contributed by atoms with Gasteiger partial charge >= 0.3 is 5.69 Å². The molecule has 0 fully saturated rings. The Bertz CT molecular complexity index is 1330. The van der Waals surface area contributed by atoms with Gasteiger partial charge in [0.15, 0.2) is 18.1 Å². The van der Waals surface area contributed by atoms with Crippen molar-refractivity contribution in [1.29, 1.82) is 0 Å². The number of halogens is 1.